The third kappa shape index (κ3) is 2.68. The van der Waals surface area contributed by atoms with Crippen LogP contribution in [-0.4, -0.2) is 22.8 Å². The van der Waals surface area contributed by atoms with Crippen molar-refractivity contribution in [3.8, 4) is 0 Å². The van der Waals surface area contributed by atoms with Gasteiger partial charge in [-0.3, -0.25) is 0 Å². The van der Waals surface area contributed by atoms with Crippen LogP contribution in [0.3, 0.4) is 0 Å². The molecule has 18 heavy (non-hydrogen) atoms. The molecule has 1 aromatic rings. The van der Waals surface area contributed by atoms with E-state index in [1.54, 1.807) is 6.08 Å². The number of aliphatic hydroxyl groups excluding tert-OH is 1. The van der Waals surface area contributed by atoms with Crippen LogP contribution in [0.25, 0.3) is 0 Å². The lowest BCUT2D eigenvalue weighted by Gasteiger charge is -2.19. The van der Waals surface area contributed by atoms with Crippen LogP contribution < -0.4 is 0 Å². The summed E-state index contributed by atoms with van der Waals surface area (Å²) in [7, 11) is 0. The standard InChI is InChI=1S/C15H16O3/c16-10-13-9-12(15(17)18)7-4-8-14(13)11-5-2-1-3-6-11/h1-6,8-9,13-14,16H,7,10H2,(H,17,18)/t13-,14-/m0/s1. The number of carboxylic acid groups (broad SMARTS) is 1. The van der Waals surface area contributed by atoms with Crippen LogP contribution in [-0.2, 0) is 4.79 Å². The van der Waals surface area contributed by atoms with E-state index in [1.807, 2.05) is 42.5 Å². The summed E-state index contributed by atoms with van der Waals surface area (Å²) in [5, 5.41) is 18.5. The lowest BCUT2D eigenvalue weighted by Crippen LogP contribution is -2.14. The van der Waals surface area contributed by atoms with Gasteiger partial charge in [-0.25, -0.2) is 4.79 Å². The third-order valence-corrected chi connectivity index (χ3v) is 3.23. The summed E-state index contributed by atoms with van der Waals surface area (Å²) >= 11 is 0. The van der Waals surface area contributed by atoms with E-state index in [0.717, 1.165) is 5.56 Å². The zero-order valence-electron chi connectivity index (χ0n) is 9.99. The molecule has 0 aliphatic heterocycles. The summed E-state index contributed by atoms with van der Waals surface area (Å²) in [5.74, 6) is -1.06. The highest BCUT2D eigenvalue weighted by molar-refractivity contribution is 5.87. The molecule has 0 saturated carbocycles. The van der Waals surface area contributed by atoms with Crippen molar-refractivity contribution in [2.45, 2.75) is 12.3 Å². The van der Waals surface area contributed by atoms with E-state index in [0.29, 0.717) is 12.0 Å². The van der Waals surface area contributed by atoms with Crippen LogP contribution in [0.4, 0.5) is 0 Å². The fraction of sp³-hybridized carbons (Fsp3) is 0.267. The number of rotatable bonds is 3. The Labute approximate surface area is 106 Å². The Morgan fingerprint density at radius 2 is 2.00 bits per heavy atom. The van der Waals surface area contributed by atoms with Crippen LogP contribution in [0.2, 0.25) is 0 Å². The first kappa shape index (κ1) is 12.6. The number of benzene rings is 1. The number of aliphatic carboxylic acids is 1. The molecule has 0 heterocycles. The molecule has 1 aromatic carbocycles. The molecule has 3 nitrogen and oxygen atoms in total. The van der Waals surface area contributed by atoms with Gasteiger partial charge in [-0.15, -0.1) is 0 Å². The number of hydrogen-bond acceptors (Lipinski definition) is 2. The van der Waals surface area contributed by atoms with Gasteiger partial charge in [-0.1, -0.05) is 48.6 Å². The maximum Gasteiger partial charge on any atom is 0.331 e. The normalized spacial score (nSPS) is 23.3. The molecule has 0 saturated heterocycles. The molecule has 0 fully saturated rings. The molecule has 2 rings (SSSR count). The lowest BCUT2D eigenvalue weighted by molar-refractivity contribution is -0.132. The van der Waals surface area contributed by atoms with Crippen LogP contribution in [0.5, 0.6) is 0 Å². The Hall–Kier alpha value is -1.87. The fourth-order valence-electron chi connectivity index (χ4n) is 2.27. The van der Waals surface area contributed by atoms with E-state index in [9.17, 15) is 9.90 Å². The highest BCUT2D eigenvalue weighted by atomic mass is 16.4. The van der Waals surface area contributed by atoms with E-state index < -0.39 is 5.97 Å². The minimum Gasteiger partial charge on any atom is -0.478 e. The number of hydrogen-bond donors (Lipinski definition) is 2. The van der Waals surface area contributed by atoms with Crippen molar-refractivity contribution in [2.24, 2.45) is 5.92 Å². The van der Waals surface area contributed by atoms with Gasteiger partial charge in [-0.05, 0) is 12.0 Å². The van der Waals surface area contributed by atoms with E-state index >= 15 is 0 Å². The van der Waals surface area contributed by atoms with Gasteiger partial charge in [0, 0.05) is 17.4 Å². The highest BCUT2D eigenvalue weighted by Crippen LogP contribution is 2.31. The Morgan fingerprint density at radius 1 is 1.28 bits per heavy atom. The first-order valence-corrected chi connectivity index (χ1v) is 5.99. The smallest absolute Gasteiger partial charge is 0.331 e. The molecule has 0 radical (unpaired) electrons. The largest absolute Gasteiger partial charge is 0.478 e. The number of aliphatic hydroxyl groups is 1. The van der Waals surface area contributed by atoms with Crippen LogP contribution in [0.1, 0.15) is 17.9 Å². The van der Waals surface area contributed by atoms with Gasteiger partial charge in [0.15, 0.2) is 0 Å². The van der Waals surface area contributed by atoms with E-state index in [4.69, 9.17) is 5.11 Å². The summed E-state index contributed by atoms with van der Waals surface area (Å²) in [5.41, 5.74) is 1.44. The summed E-state index contributed by atoms with van der Waals surface area (Å²) in [6, 6.07) is 9.83. The van der Waals surface area contributed by atoms with Gasteiger partial charge in [-0.2, -0.15) is 0 Å². The Kier molecular flexibility index (Phi) is 3.95. The van der Waals surface area contributed by atoms with Crippen molar-refractivity contribution in [2.75, 3.05) is 6.61 Å². The van der Waals surface area contributed by atoms with Crippen LogP contribution in [0, 0.1) is 5.92 Å². The molecule has 0 amide bonds. The Morgan fingerprint density at radius 3 is 2.61 bits per heavy atom. The van der Waals surface area contributed by atoms with Gasteiger partial charge >= 0.3 is 5.97 Å². The summed E-state index contributed by atoms with van der Waals surface area (Å²) in [6.45, 7) is -0.0549. The highest BCUT2D eigenvalue weighted by Gasteiger charge is 2.22. The predicted octanol–water partition coefficient (Wildman–Crippen LogP) is 2.35. The van der Waals surface area contributed by atoms with E-state index in [1.165, 1.54) is 0 Å². The Bertz CT molecular complexity index is 474. The summed E-state index contributed by atoms with van der Waals surface area (Å²) in [4.78, 5) is 11.0. The molecule has 94 valence electrons. The number of carbonyl (C=O) groups is 1. The number of carboxylic acids is 1. The topological polar surface area (TPSA) is 57.5 Å². The van der Waals surface area contributed by atoms with Crippen molar-refractivity contribution in [3.05, 3.63) is 59.7 Å². The third-order valence-electron chi connectivity index (χ3n) is 3.23. The SMILES string of the molecule is O=C(O)C1=C[C@@H](CO)[C@H](c2ccccc2)C=CC1. The van der Waals surface area contributed by atoms with Crippen LogP contribution in [0.15, 0.2) is 54.1 Å². The average molecular weight is 244 g/mol. The molecule has 3 heteroatoms. The lowest BCUT2D eigenvalue weighted by atomic mass is 9.86. The molecule has 2 atom stereocenters. The van der Waals surface area contributed by atoms with Crippen molar-refractivity contribution in [3.63, 3.8) is 0 Å². The first-order valence-electron chi connectivity index (χ1n) is 5.99. The Balaban J connectivity index is 2.34. The minimum absolute atomic E-state index is 0.0352. The second-order valence-electron chi connectivity index (χ2n) is 4.41. The molecule has 1 aliphatic carbocycles. The van der Waals surface area contributed by atoms with E-state index in [2.05, 4.69) is 0 Å². The maximum absolute atomic E-state index is 11.0. The van der Waals surface area contributed by atoms with Crippen molar-refractivity contribution in [1.29, 1.82) is 0 Å². The van der Waals surface area contributed by atoms with Crippen molar-refractivity contribution >= 4 is 5.97 Å². The second kappa shape index (κ2) is 5.65. The van der Waals surface area contributed by atoms with E-state index in [-0.39, 0.29) is 18.4 Å². The van der Waals surface area contributed by atoms with Gasteiger partial charge in [0.05, 0.1) is 6.61 Å². The van der Waals surface area contributed by atoms with Gasteiger partial charge in [0.25, 0.3) is 0 Å². The molecule has 0 aromatic heterocycles. The predicted molar refractivity (Wildman–Crippen MR) is 69.2 cm³/mol. The molecule has 2 N–H and O–H groups in total. The molecule has 1 aliphatic rings. The minimum atomic E-state index is -0.910. The molecular formula is C15H16O3. The second-order valence-corrected chi connectivity index (χ2v) is 4.41. The molecular weight excluding hydrogens is 228 g/mol. The summed E-state index contributed by atoms with van der Waals surface area (Å²) in [6.07, 6.45) is 5.95. The van der Waals surface area contributed by atoms with Crippen LogP contribution >= 0.6 is 0 Å². The van der Waals surface area contributed by atoms with Gasteiger partial charge in [0.2, 0.25) is 0 Å². The molecule has 0 spiro atoms. The van der Waals surface area contributed by atoms with Gasteiger partial charge < -0.3 is 10.2 Å². The molecule has 0 unspecified atom stereocenters. The monoisotopic (exact) mass is 244 g/mol. The zero-order valence-corrected chi connectivity index (χ0v) is 9.99. The fourth-order valence-corrected chi connectivity index (χ4v) is 2.27. The zero-order chi connectivity index (χ0) is 13.0. The maximum atomic E-state index is 11.0. The summed E-state index contributed by atoms with van der Waals surface area (Å²) < 4.78 is 0. The van der Waals surface area contributed by atoms with Crippen molar-refractivity contribution < 1.29 is 15.0 Å². The quantitative estimate of drug-likeness (QED) is 0.802. The first-order chi connectivity index (χ1) is 8.72. The average Bonchev–Trinajstić information content (AvgIpc) is 2.62. The number of allylic oxidation sites excluding steroid dienone is 2. The van der Waals surface area contributed by atoms with Gasteiger partial charge in [0.1, 0.15) is 0 Å². The van der Waals surface area contributed by atoms with Crippen molar-refractivity contribution in [1.82, 2.24) is 0 Å². The molecule has 0 bridgehead atoms.